The zero-order valence-electron chi connectivity index (χ0n) is 11.7. The van der Waals surface area contributed by atoms with E-state index in [1.807, 2.05) is 0 Å². The molecule has 1 heterocycles. The summed E-state index contributed by atoms with van der Waals surface area (Å²) in [5, 5.41) is 13.8. The molecular formula is C15H23ClN2O2. The van der Waals surface area contributed by atoms with E-state index in [1.54, 1.807) is 24.3 Å². The molecule has 0 amide bonds. The van der Waals surface area contributed by atoms with Gasteiger partial charge in [-0.2, -0.15) is 0 Å². The summed E-state index contributed by atoms with van der Waals surface area (Å²) in [7, 11) is 0. The number of nitrogens with zero attached hydrogens (tertiary/aromatic N) is 1. The molecule has 20 heavy (non-hydrogen) atoms. The first-order valence-corrected chi connectivity index (χ1v) is 7.61. The number of hydrogen-bond donors (Lipinski definition) is 2. The molecule has 0 aliphatic carbocycles. The van der Waals surface area contributed by atoms with Gasteiger partial charge < -0.3 is 20.1 Å². The molecule has 112 valence electrons. The third-order valence-corrected chi connectivity index (χ3v) is 3.69. The molecule has 2 N–H and O–H groups in total. The van der Waals surface area contributed by atoms with E-state index in [0.717, 1.165) is 18.8 Å². The zero-order chi connectivity index (χ0) is 14.2. The highest BCUT2D eigenvalue weighted by Gasteiger charge is 2.10. The maximum absolute atomic E-state index is 9.83. The zero-order valence-corrected chi connectivity index (χ0v) is 12.5. The number of aliphatic hydroxyl groups is 1. The van der Waals surface area contributed by atoms with Crippen LogP contribution in [-0.4, -0.2) is 55.4 Å². The van der Waals surface area contributed by atoms with Crippen LogP contribution in [0, 0.1) is 0 Å². The minimum absolute atomic E-state index is 0.290. The predicted molar refractivity (Wildman–Crippen MR) is 81.5 cm³/mol. The first-order valence-electron chi connectivity index (χ1n) is 7.23. The number of likely N-dealkylation sites (tertiary alicyclic amines) is 1. The largest absolute Gasteiger partial charge is 0.491 e. The van der Waals surface area contributed by atoms with Gasteiger partial charge in [-0.3, -0.25) is 0 Å². The Kier molecular flexibility index (Phi) is 6.60. The molecule has 0 aromatic heterocycles. The molecule has 0 spiro atoms. The average molecular weight is 299 g/mol. The summed E-state index contributed by atoms with van der Waals surface area (Å²) >= 11 is 5.79. The van der Waals surface area contributed by atoms with Crippen molar-refractivity contribution in [1.29, 1.82) is 0 Å². The lowest BCUT2D eigenvalue weighted by Crippen LogP contribution is -2.36. The van der Waals surface area contributed by atoms with Crippen molar-refractivity contribution in [1.82, 2.24) is 10.2 Å². The third-order valence-electron chi connectivity index (χ3n) is 3.44. The van der Waals surface area contributed by atoms with Gasteiger partial charge in [0.2, 0.25) is 0 Å². The Balaban J connectivity index is 1.53. The maximum atomic E-state index is 9.83. The average Bonchev–Trinajstić information content (AvgIpc) is 2.96. The van der Waals surface area contributed by atoms with Gasteiger partial charge in [-0.25, -0.2) is 0 Å². The van der Waals surface area contributed by atoms with E-state index in [9.17, 15) is 5.11 Å². The number of halogens is 1. The molecule has 2 rings (SSSR count). The molecule has 1 unspecified atom stereocenters. The van der Waals surface area contributed by atoms with Gasteiger partial charge in [0.05, 0.1) is 0 Å². The van der Waals surface area contributed by atoms with Crippen LogP contribution in [0.25, 0.3) is 0 Å². The van der Waals surface area contributed by atoms with Crippen molar-refractivity contribution in [3.63, 3.8) is 0 Å². The number of hydrogen-bond acceptors (Lipinski definition) is 4. The van der Waals surface area contributed by atoms with Crippen LogP contribution in [0.15, 0.2) is 24.3 Å². The molecular weight excluding hydrogens is 276 g/mol. The minimum atomic E-state index is -0.496. The van der Waals surface area contributed by atoms with Crippen LogP contribution in [0.1, 0.15) is 12.8 Å². The molecule has 1 saturated heterocycles. The highest BCUT2D eigenvalue weighted by Crippen LogP contribution is 2.15. The van der Waals surface area contributed by atoms with Gasteiger partial charge in [0.25, 0.3) is 0 Å². The molecule has 5 heteroatoms. The van der Waals surface area contributed by atoms with E-state index in [4.69, 9.17) is 16.3 Å². The smallest absolute Gasteiger partial charge is 0.119 e. The standard InChI is InChI=1S/C15H23ClN2O2/c16-13-3-5-15(6-4-13)20-12-14(19)11-17-7-10-18-8-1-2-9-18/h3-6,14,17,19H,1-2,7-12H2. The van der Waals surface area contributed by atoms with Crippen molar-refractivity contribution in [2.75, 3.05) is 39.3 Å². The summed E-state index contributed by atoms with van der Waals surface area (Å²) < 4.78 is 5.49. The summed E-state index contributed by atoms with van der Waals surface area (Å²) in [4.78, 5) is 2.45. The van der Waals surface area contributed by atoms with Crippen LogP contribution in [0.2, 0.25) is 5.02 Å². The molecule has 1 aliphatic rings. The fraction of sp³-hybridized carbons (Fsp3) is 0.600. The van der Waals surface area contributed by atoms with E-state index in [0.29, 0.717) is 18.2 Å². The SMILES string of the molecule is OC(CNCCN1CCCC1)COc1ccc(Cl)cc1. The van der Waals surface area contributed by atoms with Gasteiger partial charge in [0.15, 0.2) is 0 Å². The van der Waals surface area contributed by atoms with Crippen molar-refractivity contribution < 1.29 is 9.84 Å². The maximum Gasteiger partial charge on any atom is 0.119 e. The lowest BCUT2D eigenvalue weighted by molar-refractivity contribution is 0.106. The quantitative estimate of drug-likeness (QED) is 0.718. The van der Waals surface area contributed by atoms with Gasteiger partial charge in [-0.15, -0.1) is 0 Å². The van der Waals surface area contributed by atoms with Gasteiger partial charge in [-0.1, -0.05) is 11.6 Å². The molecule has 1 aromatic carbocycles. The monoisotopic (exact) mass is 298 g/mol. The molecule has 0 saturated carbocycles. The van der Waals surface area contributed by atoms with Gasteiger partial charge >= 0.3 is 0 Å². The van der Waals surface area contributed by atoms with E-state index in [2.05, 4.69) is 10.2 Å². The first kappa shape index (κ1) is 15.6. The van der Waals surface area contributed by atoms with Crippen molar-refractivity contribution in [2.45, 2.75) is 18.9 Å². The van der Waals surface area contributed by atoms with Crippen molar-refractivity contribution in [2.24, 2.45) is 0 Å². The normalized spacial score (nSPS) is 17.3. The number of nitrogens with one attached hydrogen (secondary N) is 1. The highest BCUT2D eigenvalue weighted by atomic mass is 35.5. The first-order chi connectivity index (χ1) is 9.74. The number of benzene rings is 1. The number of aliphatic hydroxyl groups excluding tert-OH is 1. The van der Waals surface area contributed by atoms with Crippen molar-refractivity contribution >= 4 is 11.6 Å². The fourth-order valence-electron chi connectivity index (χ4n) is 2.29. The Labute approximate surface area is 125 Å². The molecule has 1 aromatic rings. The van der Waals surface area contributed by atoms with Crippen LogP contribution < -0.4 is 10.1 Å². The third kappa shape index (κ3) is 5.67. The molecule has 0 bridgehead atoms. The Morgan fingerprint density at radius 3 is 2.65 bits per heavy atom. The molecule has 0 radical (unpaired) electrons. The fourth-order valence-corrected chi connectivity index (χ4v) is 2.42. The Hall–Kier alpha value is -0.810. The summed E-state index contributed by atoms with van der Waals surface area (Å²) in [6, 6.07) is 7.15. The molecule has 1 aliphatic heterocycles. The highest BCUT2D eigenvalue weighted by molar-refractivity contribution is 6.30. The molecule has 1 fully saturated rings. The van der Waals surface area contributed by atoms with Crippen LogP contribution >= 0.6 is 11.6 Å². The van der Waals surface area contributed by atoms with E-state index in [1.165, 1.54) is 25.9 Å². The van der Waals surface area contributed by atoms with Crippen LogP contribution in [0.3, 0.4) is 0 Å². The van der Waals surface area contributed by atoms with Crippen LogP contribution in [0.5, 0.6) is 5.75 Å². The second-order valence-electron chi connectivity index (χ2n) is 5.17. The van der Waals surface area contributed by atoms with Crippen molar-refractivity contribution in [3.8, 4) is 5.75 Å². The molecule has 4 nitrogen and oxygen atoms in total. The Bertz CT molecular complexity index is 380. The van der Waals surface area contributed by atoms with Gasteiger partial charge in [0.1, 0.15) is 18.5 Å². The topological polar surface area (TPSA) is 44.7 Å². The second kappa shape index (κ2) is 8.47. The lowest BCUT2D eigenvalue weighted by Gasteiger charge is -2.16. The van der Waals surface area contributed by atoms with E-state index >= 15 is 0 Å². The summed E-state index contributed by atoms with van der Waals surface area (Å²) in [6.07, 6.45) is 2.14. The number of ether oxygens (including phenoxy) is 1. The Morgan fingerprint density at radius 1 is 1.25 bits per heavy atom. The minimum Gasteiger partial charge on any atom is -0.491 e. The Morgan fingerprint density at radius 2 is 1.95 bits per heavy atom. The van der Waals surface area contributed by atoms with E-state index < -0.39 is 6.10 Å². The summed E-state index contributed by atoms with van der Waals surface area (Å²) in [5.41, 5.74) is 0. The number of rotatable bonds is 8. The predicted octanol–water partition coefficient (Wildman–Crippen LogP) is 1.77. The second-order valence-corrected chi connectivity index (χ2v) is 5.61. The van der Waals surface area contributed by atoms with E-state index in [-0.39, 0.29) is 0 Å². The van der Waals surface area contributed by atoms with Gasteiger partial charge in [0, 0.05) is 24.7 Å². The van der Waals surface area contributed by atoms with Crippen molar-refractivity contribution in [3.05, 3.63) is 29.3 Å². The van der Waals surface area contributed by atoms with Gasteiger partial charge in [-0.05, 0) is 50.2 Å². The summed E-state index contributed by atoms with van der Waals surface area (Å²) in [6.45, 7) is 5.25. The molecule has 1 atom stereocenters. The van der Waals surface area contributed by atoms with Crippen LogP contribution in [0.4, 0.5) is 0 Å². The van der Waals surface area contributed by atoms with Crippen LogP contribution in [-0.2, 0) is 0 Å². The lowest BCUT2D eigenvalue weighted by atomic mass is 10.3. The summed E-state index contributed by atoms with van der Waals surface area (Å²) in [5.74, 6) is 0.727.